The number of amides is 3. The number of carboxylic acid groups (broad SMARTS) is 1. The third-order valence-corrected chi connectivity index (χ3v) is 2.66. The molecule has 7 heteroatoms. The molecular weight excluding hydrogens is 262 g/mol. The molecule has 0 heterocycles. The Balaban J connectivity index is 2.51. The Bertz CT molecular complexity index is 516. The second kappa shape index (κ2) is 7.13. The number of hydrogen-bond acceptors (Lipinski definition) is 3. The summed E-state index contributed by atoms with van der Waals surface area (Å²) in [5, 5.41) is 11.6. The van der Waals surface area contributed by atoms with Gasteiger partial charge in [-0.15, -0.1) is 0 Å². The van der Waals surface area contributed by atoms with Gasteiger partial charge in [0.1, 0.15) is 6.54 Å². The van der Waals surface area contributed by atoms with E-state index in [4.69, 9.17) is 10.8 Å². The van der Waals surface area contributed by atoms with Gasteiger partial charge < -0.3 is 21.1 Å². The van der Waals surface area contributed by atoms with Crippen LogP contribution in [0.3, 0.4) is 0 Å². The number of carboxylic acids is 1. The number of carbonyl (C=O) groups is 3. The van der Waals surface area contributed by atoms with Gasteiger partial charge in [0.25, 0.3) is 0 Å². The van der Waals surface area contributed by atoms with Crippen molar-refractivity contribution in [2.45, 2.75) is 6.42 Å². The molecule has 0 fully saturated rings. The maximum atomic E-state index is 11.6. The van der Waals surface area contributed by atoms with Gasteiger partial charge in [-0.25, -0.2) is 9.59 Å². The van der Waals surface area contributed by atoms with E-state index in [1.54, 1.807) is 18.2 Å². The molecule has 20 heavy (non-hydrogen) atoms. The Hall–Kier alpha value is -2.57. The molecular formula is C13H17N3O4. The topological polar surface area (TPSA) is 113 Å². The Morgan fingerprint density at radius 3 is 2.55 bits per heavy atom. The molecule has 0 atom stereocenters. The summed E-state index contributed by atoms with van der Waals surface area (Å²) >= 11 is 0. The van der Waals surface area contributed by atoms with Crippen LogP contribution in [0.15, 0.2) is 24.3 Å². The van der Waals surface area contributed by atoms with Crippen LogP contribution in [0.1, 0.15) is 15.9 Å². The van der Waals surface area contributed by atoms with E-state index >= 15 is 0 Å². The van der Waals surface area contributed by atoms with Crippen molar-refractivity contribution < 1.29 is 19.5 Å². The van der Waals surface area contributed by atoms with Crippen LogP contribution in [-0.4, -0.2) is 48.1 Å². The highest BCUT2D eigenvalue weighted by molar-refractivity contribution is 5.89. The van der Waals surface area contributed by atoms with E-state index < -0.39 is 17.9 Å². The number of rotatable bonds is 6. The highest BCUT2D eigenvalue weighted by Crippen LogP contribution is 2.08. The zero-order valence-electron chi connectivity index (χ0n) is 11.1. The lowest BCUT2D eigenvalue weighted by molar-refractivity contribution is -0.118. The maximum Gasteiger partial charge on any atom is 0.335 e. The Morgan fingerprint density at radius 2 is 1.95 bits per heavy atom. The van der Waals surface area contributed by atoms with Crippen molar-refractivity contribution in [1.29, 1.82) is 0 Å². The molecule has 0 aliphatic rings. The summed E-state index contributed by atoms with van der Waals surface area (Å²) in [4.78, 5) is 34.4. The molecule has 0 spiro atoms. The summed E-state index contributed by atoms with van der Waals surface area (Å²) in [6, 6.07) is 6.16. The van der Waals surface area contributed by atoms with Crippen molar-refractivity contribution in [1.82, 2.24) is 10.2 Å². The van der Waals surface area contributed by atoms with E-state index in [1.165, 1.54) is 13.1 Å². The first kappa shape index (κ1) is 15.5. The summed E-state index contributed by atoms with van der Waals surface area (Å²) < 4.78 is 0. The van der Waals surface area contributed by atoms with Crippen LogP contribution >= 0.6 is 0 Å². The van der Waals surface area contributed by atoms with E-state index in [1.807, 2.05) is 0 Å². The van der Waals surface area contributed by atoms with Gasteiger partial charge in [0.2, 0.25) is 5.91 Å². The predicted octanol–water partition coefficient (Wildman–Crippen LogP) is 0.0540. The lowest BCUT2D eigenvalue weighted by atomic mass is 10.0. The minimum atomic E-state index is -1.00. The molecule has 0 unspecified atom stereocenters. The van der Waals surface area contributed by atoms with Crippen molar-refractivity contribution in [3.8, 4) is 0 Å². The SMILES string of the molecule is CN(CC(N)=O)C(=O)NCCc1ccccc1C(=O)O. The minimum absolute atomic E-state index is 0.169. The van der Waals surface area contributed by atoms with Crippen molar-refractivity contribution in [2.75, 3.05) is 20.1 Å². The van der Waals surface area contributed by atoms with Crippen molar-refractivity contribution >= 4 is 17.9 Å². The molecule has 4 N–H and O–H groups in total. The molecule has 1 rings (SSSR count). The molecule has 0 saturated carbocycles. The standard InChI is InChI=1S/C13H17N3O4/c1-16(8-11(14)17)13(20)15-7-6-9-4-2-3-5-10(9)12(18)19/h2-5H,6-8H2,1H3,(H2,14,17)(H,15,20)(H,18,19). The van der Waals surface area contributed by atoms with Gasteiger partial charge in [-0.05, 0) is 18.1 Å². The zero-order chi connectivity index (χ0) is 15.1. The average molecular weight is 279 g/mol. The molecule has 0 aliphatic heterocycles. The first-order valence-corrected chi connectivity index (χ1v) is 6.00. The molecule has 0 radical (unpaired) electrons. The van der Waals surface area contributed by atoms with Crippen molar-refractivity contribution in [2.24, 2.45) is 5.73 Å². The van der Waals surface area contributed by atoms with Gasteiger partial charge in [0, 0.05) is 13.6 Å². The molecule has 0 aromatic heterocycles. The summed E-state index contributed by atoms with van der Waals surface area (Å²) in [5.74, 6) is -1.60. The number of carbonyl (C=O) groups excluding carboxylic acids is 2. The fourth-order valence-electron chi connectivity index (χ4n) is 1.69. The molecule has 0 saturated heterocycles. The number of aromatic carboxylic acids is 1. The number of primary amides is 1. The van der Waals surface area contributed by atoms with E-state index in [2.05, 4.69) is 5.32 Å². The van der Waals surface area contributed by atoms with Gasteiger partial charge in [-0.3, -0.25) is 4.79 Å². The van der Waals surface area contributed by atoms with Gasteiger partial charge in [-0.1, -0.05) is 18.2 Å². The summed E-state index contributed by atoms with van der Waals surface area (Å²) in [5.41, 5.74) is 5.83. The van der Waals surface area contributed by atoms with Crippen LogP contribution < -0.4 is 11.1 Å². The molecule has 7 nitrogen and oxygen atoms in total. The number of nitrogens with two attached hydrogens (primary N) is 1. The van der Waals surface area contributed by atoms with E-state index in [0.717, 1.165) is 4.90 Å². The molecule has 1 aromatic rings. The maximum absolute atomic E-state index is 11.6. The molecule has 3 amide bonds. The quantitative estimate of drug-likeness (QED) is 0.683. The van der Waals surface area contributed by atoms with Crippen LogP contribution in [0.2, 0.25) is 0 Å². The Labute approximate surface area is 116 Å². The van der Waals surface area contributed by atoms with Gasteiger partial charge in [-0.2, -0.15) is 0 Å². The van der Waals surface area contributed by atoms with Crippen molar-refractivity contribution in [3.05, 3.63) is 35.4 Å². The summed E-state index contributed by atoms with van der Waals surface area (Å²) in [7, 11) is 1.45. The second-order valence-electron chi connectivity index (χ2n) is 4.27. The van der Waals surface area contributed by atoms with Crippen LogP contribution in [0.25, 0.3) is 0 Å². The summed E-state index contributed by atoms with van der Waals surface area (Å²) in [6.07, 6.45) is 0.388. The van der Waals surface area contributed by atoms with Gasteiger partial charge >= 0.3 is 12.0 Å². The lowest BCUT2D eigenvalue weighted by Crippen LogP contribution is -2.42. The van der Waals surface area contributed by atoms with E-state index in [0.29, 0.717) is 12.0 Å². The first-order valence-electron chi connectivity index (χ1n) is 6.00. The van der Waals surface area contributed by atoms with Crippen LogP contribution in [0, 0.1) is 0 Å². The number of hydrogen-bond donors (Lipinski definition) is 3. The number of nitrogens with one attached hydrogen (secondary N) is 1. The Kier molecular flexibility index (Phi) is 5.52. The lowest BCUT2D eigenvalue weighted by Gasteiger charge is -2.16. The Morgan fingerprint density at radius 1 is 1.30 bits per heavy atom. The third-order valence-electron chi connectivity index (χ3n) is 2.66. The minimum Gasteiger partial charge on any atom is -0.478 e. The second-order valence-corrected chi connectivity index (χ2v) is 4.27. The van der Waals surface area contributed by atoms with Gasteiger partial charge in [0.15, 0.2) is 0 Å². The highest BCUT2D eigenvalue weighted by atomic mass is 16.4. The number of nitrogens with zero attached hydrogens (tertiary/aromatic N) is 1. The predicted molar refractivity (Wildman–Crippen MR) is 72.3 cm³/mol. The summed E-state index contributed by atoms with van der Waals surface area (Å²) in [6.45, 7) is 0.101. The first-order chi connectivity index (χ1) is 9.41. The molecule has 0 aliphatic carbocycles. The van der Waals surface area contributed by atoms with E-state index in [-0.39, 0.29) is 18.7 Å². The van der Waals surface area contributed by atoms with Crippen molar-refractivity contribution in [3.63, 3.8) is 0 Å². The zero-order valence-corrected chi connectivity index (χ0v) is 11.1. The highest BCUT2D eigenvalue weighted by Gasteiger charge is 2.12. The molecule has 1 aromatic carbocycles. The fourth-order valence-corrected chi connectivity index (χ4v) is 1.69. The largest absolute Gasteiger partial charge is 0.478 e. The van der Waals surface area contributed by atoms with Crippen LogP contribution in [0.4, 0.5) is 4.79 Å². The number of likely N-dealkylation sites (N-methyl/N-ethyl adjacent to an activating group) is 1. The van der Waals surface area contributed by atoms with E-state index in [9.17, 15) is 14.4 Å². The van der Waals surface area contributed by atoms with Crippen LogP contribution in [-0.2, 0) is 11.2 Å². The average Bonchev–Trinajstić information content (AvgIpc) is 2.38. The normalized spacial score (nSPS) is 9.85. The number of benzene rings is 1. The molecule has 0 bridgehead atoms. The smallest absolute Gasteiger partial charge is 0.335 e. The monoisotopic (exact) mass is 279 g/mol. The van der Waals surface area contributed by atoms with Gasteiger partial charge in [0.05, 0.1) is 5.56 Å². The van der Waals surface area contributed by atoms with Crippen LogP contribution in [0.5, 0.6) is 0 Å². The third kappa shape index (κ3) is 4.60. The number of urea groups is 1. The fraction of sp³-hybridized carbons (Fsp3) is 0.308. The molecule has 108 valence electrons.